The summed E-state index contributed by atoms with van der Waals surface area (Å²) in [6.45, 7) is 0.662. The number of benzene rings is 1. The Hall–Kier alpha value is -2.24. The van der Waals surface area contributed by atoms with Crippen LogP contribution in [0.4, 0.5) is 0 Å². The molecule has 104 valence electrons. The number of hydrogen-bond donors (Lipinski definition) is 2. The number of amides is 1. The fraction of sp³-hybridized carbons (Fsp3) is 0.385. The molecule has 0 saturated carbocycles. The maximum Gasteiger partial charge on any atom is 0.303 e. The zero-order valence-electron chi connectivity index (χ0n) is 10.7. The molecule has 0 aliphatic heterocycles. The van der Waals surface area contributed by atoms with E-state index in [9.17, 15) is 9.59 Å². The average molecular weight is 267 g/mol. The van der Waals surface area contributed by atoms with Crippen molar-refractivity contribution in [1.29, 1.82) is 0 Å². The van der Waals surface area contributed by atoms with Crippen LogP contribution in [-0.4, -0.2) is 37.2 Å². The number of carbonyl (C=O) groups is 2. The highest BCUT2D eigenvalue weighted by Gasteiger charge is 2.04. The van der Waals surface area contributed by atoms with Gasteiger partial charge in [0, 0.05) is 6.42 Å². The number of carboxylic acids is 1. The van der Waals surface area contributed by atoms with Gasteiger partial charge in [0.15, 0.2) is 0 Å². The van der Waals surface area contributed by atoms with Crippen molar-refractivity contribution in [2.45, 2.75) is 12.8 Å². The molecule has 1 amide bonds. The third-order valence-electron chi connectivity index (χ3n) is 2.32. The molecule has 0 radical (unpaired) electrons. The van der Waals surface area contributed by atoms with Gasteiger partial charge in [0.1, 0.15) is 18.1 Å². The lowest BCUT2D eigenvalue weighted by atomic mass is 10.3. The summed E-state index contributed by atoms with van der Waals surface area (Å²) in [7, 11) is 1.59. The van der Waals surface area contributed by atoms with E-state index in [4.69, 9.17) is 14.6 Å². The molecule has 0 atom stereocenters. The number of carbonyl (C=O) groups excluding carboxylic acids is 1. The molecule has 0 heterocycles. The lowest BCUT2D eigenvalue weighted by molar-refractivity contribution is -0.138. The van der Waals surface area contributed by atoms with E-state index in [1.807, 2.05) is 0 Å². The monoisotopic (exact) mass is 267 g/mol. The highest BCUT2D eigenvalue weighted by molar-refractivity contribution is 5.80. The molecule has 19 heavy (non-hydrogen) atoms. The predicted molar refractivity (Wildman–Crippen MR) is 68.4 cm³/mol. The molecule has 0 aliphatic carbocycles. The Morgan fingerprint density at radius 1 is 1.16 bits per heavy atom. The molecule has 0 bridgehead atoms. The molecular formula is C13H17NO5. The smallest absolute Gasteiger partial charge is 0.303 e. The Bertz CT molecular complexity index is 416. The van der Waals surface area contributed by atoms with Gasteiger partial charge in [-0.2, -0.15) is 0 Å². The molecule has 0 aliphatic rings. The van der Waals surface area contributed by atoms with Gasteiger partial charge >= 0.3 is 5.97 Å². The summed E-state index contributed by atoms with van der Waals surface area (Å²) in [5.74, 6) is 0.153. The quantitative estimate of drug-likeness (QED) is 0.688. The Morgan fingerprint density at radius 2 is 1.79 bits per heavy atom. The van der Waals surface area contributed by atoms with E-state index in [1.54, 1.807) is 31.4 Å². The number of hydrogen-bond acceptors (Lipinski definition) is 4. The van der Waals surface area contributed by atoms with E-state index in [1.165, 1.54) is 0 Å². The van der Waals surface area contributed by atoms with Gasteiger partial charge < -0.3 is 19.9 Å². The van der Waals surface area contributed by atoms with Crippen LogP contribution in [-0.2, 0) is 9.59 Å². The van der Waals surface area contributed by atoms with Gasteiger partial charge in [-0.3, -0.25) is 9.59 Å². The summed E-state index contributed by atoms with van der Waals surface area (Å²) in [4.78, 5) is 21.5. The SMILES string of the molecule is COc1ccc(OCCNC(=O)CCC(=O)O)cc1. The molecular weight excluding hydrogens is 250 g/mol. The molecule has 1 aromatic carbocycles. The lowest BCUT2D eigenvalue weighted by Gasteiger charge is -2.08. The fourth-order valence-electron chi connectivity index (χ4n) is 1.34. The standard InChI is InChI=1S/C13H17NO5/c1-18-10-2-4-11(5-3-10)19-9-8-14-12(15)6-7-13(16)17/h2-5H,6-9H2,1H3,(H,14,15)(H,16,17). The van der Waals surface area contributed by atoms with Crippen LogP contribution in [0.15, 0.2) is 24.3 Å². The average Bonchev–Trinajstić information content (AvgIpc) is 2.42. The van der Waals surface area contributed by atoms with E-state index in [-0.39, 0.29) is 18.7 Å². The van der Waals surface area contributed by atoms with Crippen molar-refractivity contribution in [3.8, 4) is 11.5 Å². The van der Waals surface area contributed by atoms with Crippen LogP contribution in [0.5, 0.6) is 11.5 Å². The van der Waals surface area contributed by atoms with Crippen LogP contribution in [0, 0.1) is 0 Å². The first kappa shape index (κ1) is 14.8. The zero-order chi connectivity index (χ0) is 14.1. The highest BCUT2D eigenvalue weighted by Crippen LogP contribution is 2.16. The number of aliphatic carboxylic acids is 1. The lowest BCUT2D eigenvalue weighted by Crippen LogP contribution is -2.28. The third-order valence-corrected chi connectivity index (χ3v) is 2.32. The normalized spacial score (nSPS) is 9.74. The molecule has 0 saturated heterocycles. The van der Waals surface area contributed by atoms with Crippen molar-refractivity contribution < 1.29 is 24.2 Å². The first-order valence-electron chi connectivity index (χ1n) is 5.87. The summed E-state index contributed by atoms with van der Waals surface area (Å²) in [6.07, 6.45) is -0.178. The minimum absolute atomic E-state index is 0.0160. The van der Waals surface area contributed by atoms with Gasteiger partial charge in [-0.25, -0.2) is 0 Å². The zero-order valence-corrected chi connectivity index (χ0v) is 10.7. The van der Waals surface area contributed by atoms with Gasteiger partial charge in [-0.05, 0) is 24.3 Å². The van der Waals surface area contributed by atoms with Crippen molar-refractivity contribution >= 4 is 11.9 Å². The van der Waals surface area contributed by atoms with Crippen LogP contribution in [0.1, 0.15) is 12.8 Å². The first-order chi connectivity index (χ1) is 9.11. The largest absolute Gasteiger partial charge is 0.497 e. The van der Waals surface area contributed by atoms with Gasteiger partial charge in [0.05, 0.1) is 20.1 Å². The second-order valence-corrected chi connectivity index (χ2v) is 3.77. The van der Waals surface area contributed by atoms with Gasteiger partial charge in [-0.1, -0.05) is 0 Å². The summed E-state index contributed by atoms with van der Waals surface area (Å²) in [5.41, 5.74) is 0. The topological polar surface area (TPSA) is 84.9 Å². The van der Waals surface area contributed by atoms with Gasteiger partial charge in [-0.15, -0.1) is 0 Å². The van der Waals surface area contributed by atoms with E-state index in [0.717, 1.165) is 5.75 Å². The van der Waals surface area contributed by atoms with Crippen LogP contribution in [0.2, 0.25) is 0 Å². The molecule has 0 spiro atoms. The number of carboxylic acid groups (broad SMARTS) is 1. The van der Waals surface area contributed by atoms with E-state index >= 15 is 0 Å². The molecule has 0 unspecified atom stereocenters. The van der Waals surface area contributed by atoms with Crippen molar-refractivity contribution in [2.24, 2.45) is 0 Å². The van der Waals surface area contributed by atoms with Crippen LogP contribution in [0.25, 0.3) is 0 Å². The Kier molecular flexibility index (Phi) is 6.21. The van der Waals surface area contributed by atoms with E-state index in [2.05, 4.69) is 5.32 Å². The van der Waals surface area contributed by atoms with Crippen molar-refractivity contribution in [3.63, 3.8) is 0 Å². The maximum absolute atomic E-state index is 11.2. The molecule has 2 N–H and O–H groups in total. The van der Waals surface area contributed by atoms with Crippen molar-refractivity contribution in [3.05, 3.63) is 24.3 Å². The van der Waals surface area contributed by atoms with Crippen molar-refractivity contribution in [2.75, 3.05) is 20.3 Å². The highest BCUT2D eigenvalue weighted by atomic mass is 16.5. The summed E-state index contributed by atoms with van der Waals surface area (Å²) >= 11 is 0. The number of ether oxygens (including phenoxy) is 2. The van der Waals surface area contributed by atoms with Crippen molar-refractivity contribution in [1.82, 2.24) is 5.32 Å². The molecule has 6 nitrogen and oxygen atoms in total. The van der Waals surface area contributed by atoms with Crippen LogP contribution < -0.4 is 14.8 Å². The predicted octanol–water partition coefficient (Wildman–Crippen LogP) is 1.05. The fourth-order valence-corrected chi connectivity index (χ4v) is 1.34. The summed E-state index contributed by atoms with van der Waals surface area (Å²) in [6, 6.07) is 7.09. The summed E-state index contributed by atoms with van der Waals surface area (Å²) < 4.78 is 10.4. The minimum atomic E-state index is -0.982. The Labute approximate surface area is 111 Å². The van der Waals surface area contributed by atoms with Gasteiger partial charge in [0.25, 0.3) is 0 Å². The minimum Gasteiger partial charge on any atom is -0.497 e. The molecule has 1 aromatic rings. The molecule has 1 rings (SSSR count). The molecule has 0 aromatic heterocycles. The molecule has 6 heteroatoms. The van der Waals surface area contributed by atoms with Crippen LogP contribution >= 0.6 is 0 Å². The van der Waals surface area contributed by atoms with E-state index in [0.29, 0.717) is 18.9 Å². The number of rotatable bonds is 8. The molecule has 0 fully saturated rings. The number of methoxy groups -OCH3 is 1. The second-order valence-electron chi connectivity index (χ2n) is 3.77. The number of nitrogens with one attached hydrogen (secondary N) is 1. The van der Waals surface area contributed by atoms with E-state index < -0.39 is 5.97 Å². The Balaban J connectivity index is 2.16. The maximum atomic E-state index is 11.2. The Morgan fingerprint density at radius 3 is 2.37 bits per heavy atom. The van der Waals surface area contributed by atoms with Crippen LogP contribution in [0.3, 0.4) is 0 Å². The van der Waals surface area contributed by atoms with Gasteiger partial charge in [0.2, 0.25) is 5.91 Å². The summed E-state index contributed by atoms with van der Waals surface area (Å²) in [5, 5.41) is 11.0. The first-order valence-corrected chi connectivity index (χ1v) is 5.87. The second kappa shape index (κ2) is 7.97. The third kappa shape index (κ3) is 6.30.